The fourth-order valence-corrected chi connectivity index (χ4v) is 4.59. The van der Waals surface area contributed by atoms with Crippen LogP contribution in [0.15, 0.2) is 33.6 Å². The van der Waals surface area contributed by atoms with Gasteiger partial charge in [-0.15, -0.1) is 5.10 Å². The highest BCUT2D eigenvalue weighted by molar-refractivity contribution is 7.89. The molecule has 1 aromatic carbocycles. The molecule has 2 aromatic rings. The van der Waals surface area contributed by atoms with E-state index in [0.29, 0.717) is 19.0 Å². The number of sulfonamides is 1. The molecule has 0 aliphatic carbocycles. The zero-order valence-electron chi connectivity index (χ0n) is 17.2. The highest BCUT2D eigenvalue weighted by Gasteiger charge is 2.32. The first-order chi connectivity index (χ1) is 13.5. The Hall–Kier alpha value is -2.30. The summed E-state index contributed by atoms with van der Waals surface area (Å²) < 4.78 is 38.2. The van der Waals surface area contributed by atoms with Gasteiger partial charge in [-0.05, 0) is 38.1 Å². The Bertz CT molecular complexity index is 969. The first-order valence-corrected chi connectivity index (χ1v) is 10.8. The van der Waals surface area contributed by atoms with Crippen LogP contribution in [0.5, 0.6) is 0 Å². The number of morpholine rings is 1. The monoisotopic (exact) mass is 422 g/mol. The van der Waals surface area contributed by atoms with Gasteiger partial charge < -0.3 is 9.15 Å². The second-order valence-corrected chi connectivity index (χ2v) is 10.2. The van der Waals surface area contributed by atoms with Gasteiger partial charge in [0, 0.05) is 24.1 Å². The Morgan fingerprint density at radius 3 is 2.21 bits per heavy atom. The normalized spacial score (nSPS) is 21.1. The Balaban J connectivity index is 1.72. The van der Waals surface area contributed by atoms with Crippen molar-refractivity contribution >= 4 is 21.9 Å². The molecule has 1 fully saturated rings. The molecule has 1 aromatic heterocycles. The lowest BCUT2D eigenvalue weighted by Crippen LogP contribution is -2.48. The van der Waals surface area contributed by atoms with E-state index in [1.807, 2.05) is 34.6 Å². The summed E-state index contributed by atoms with van der Waals surface area (Å²) in [6.07, 6.45) is -0.350. The number of hydrogen-bond donors (Lipinski definition) is 1. The molecule has 1 aliphatic heterocycles. The molecule has 3 rings (SSSR count). The number of hydrogen-bond acceptors (Lipinski definition) is 7. The summed E-state index contributed by atoms with van der Waals surface area (Å²) in [6, 6.07) is 5.74. The van der Waals surface area contributed by atoms with Crippen LogP contribution in [0.1, 0.15) is 50.9 Å². The largest absolute Gasteiger partial charge is 0.407 e. The van der Waals surface area contributed by atoms with Crippen molar-refractivity contribution < 1.29 is 22.4 Å². The zero-order chi connectivity index (χ0) is 21.4. The minimum absolute atomic E-state index is 0.00656. The Labute approximate surface area is 170 Å². The number of nitrogens with zero attached hydrogens (tertiary/aromatic N) is 3. The van der Waals surface area contributed by atoms with Crippen LogP contribution in [-0.4, -0.2) is 54.1 Å². The van der Waals surface area contributed by atoms with Crippen molar-refractivity contribution in [2.75, 3.05) is 18.4 Å². The van der Waals surface area contributed by atoms with Crippen molar-refractivity contribution in [2.45, 2.75) is 57.1 Å². The van der Waals surface area contributed by atoms with Crippen molar-refractivity contribution in [3.8, 4) is 0 Å². The summed E-state index contributed by atoms with van der Waals surface area (Å²) in [6.45, 7) is 10.0. The number of ether oxygens (including phenoxy) is 1. The molecule has 9 nitrogen and oxygen atoms in total. The van der Waals surface area contributed by atoms with Gasteiger partial charge in [-0.1, -0.05) is 25.9 Å². The number of carbonyl (C=O) groups is 1. The molecule has 0 bridgehead atoms. The molecule has 2 atom stereocenters. The SMILES string of the molecule is C[C@@H]1CN(S(=O)(=O)c2ccc(C(=O)Nc3nnc(C(C)(C)C)o3)cc2)C[C@H](C)O1. The molecule has 0 radical (unpaired) electrons. The van der Waals surface area contributed by atoms with E-state index in [-0.39, 0.29) is 34.1 Å². The maximum absolute atomic E-state index is 12.9. The highest BCUT2D eigenvalue weighted by Crippen LogP contribution is 2.23. The van der Waals surface area contributed by atoms with Gasteiger partial charge in [0.2, 0.25) is 15.9 Å². The quantitative estimate of drug-likeness (QED) is 0.804. The summed E-state index contributed by atoms with van der Waals surface area (Å²) >= 11 is 0. The van der Waals surface area contributed by atoms with Gasteiger partial charge in [0.1, 0.15) is 0 Å². The van der Waals surface area contributed by atoms with Crippen molar-refractivity contribution in [1.82, 2.24) is 14.5 Å². The maximum atomic E-state index is 12.9. The highest BCUT2D eigenvalue weighted by atomic mass is 32.2. The van der Waals surface area contributed by atoms with Crippen molar-refractivity contribution in [1.29, 1.82) is 0 Å². The standard InChI is InChI=1S/C19H26N4O5S/c1-12-10-23(11-13(2)27-12)29(25,26)15-8-6-14(7-9-15)16(24)20-18-22-21-17(28-18)19(3,4)5/h6-9,12-13H,10-11H2,1-5H3,(H,20,22,24)/t12-,13+. The van der Waals surface area contributed by atoms with Gasteiger partial charge in [-0.3, -0.25) is 10.1 Å². The first kappa shape index (κ1) is 21.4. The Morgan fingerprint density at radius 2 is 1.69 bits per heavy atom. The average molecular weight is 423 g/mol. The second-order valence-electron chi connectivity index (χ2n) is 8.22. The lowest BCUT2D eigenvalue weighted by Gasteiger charge is -2.34. The van der Waals surface area contributed by atoms with Gasteiger partial charge in [0.15, 0.2) is 0 Å². The third-order valence-corrected chi connectivity index (χ3v) is 6.27. The zero-order valence-corrected chi connectivity index (χ0v) is 18.0. The maximum Gasteiger partial charge on any atom is 0.322 e. The van der Waals surface area contributed by atoms with Crippen molar-refractivity contribution in [2.24, 2.45) is 0 Å². The average Bonchev–Trinajstić information content (AvgIpc) is 3.10. The third-order valence-electron chi connectivity index (χ3n) is 4.43. The van der Waals surface area contributed by atoms with E-state index < -0.39 is 15.9 Å². The topological polar surface area (TPSA) is 115 Å². The molecule has 158 valence electrons. The van der Waals surface area contributed by atoms with Crippen LogP contribution in [0.2, 0.25) is 0 Å². The molecule has 1 saturated heterocycles. The Kier molecular flexibility index (Phi) is 5.79. The number of amides is 1. The van der Waals surface area contributed by atoms with Crippen LogP contribution < -0.4 is 5.32 Å². The van der Waals surface area contributed by atoms with Crippen LogP contribution >= 0.6 is 0 Å². The van der Waals surface area contributed by atoms with Crippen LogP contribution in [-0.2, 0) is 20.2 Å². The summed E-state index contributed by atoms with van der Waals surface area (Å²) in [7, 11) is -3.66. The van der Waals surface area contributed by atoms with Crippen molar-refractivity contribution in [3.63, 3.8) is 0 Å². The van der Waals surface area contributed by atoms with Crippen LogP contribution in [0.3, 0.4) is 0 Å². The lowest BCUT2D eigenvalue weighted by atomic mass is 9.97. The number of rotatable bonds is 4. The van der Waals surface area contributed by atoms with Crippen LogP contribution in [0.4, 0.5) is 6.01 Å². The second kappa shape index (κ2) is 7.85. The number of benzene rings is 1. The van der Waals surface area contributed by atoms with E-state index in [0.717, 1.165) is 0 Å². The van der Waals surface area contributed by atoms with E-state index in [9.17, 15) is 13.2 Å². The fourth-order valence-electron chi connectivity index (χ4n) is 3.00. The van der Waals surface area contributed by atoms with Gasteiger partial charge in [-0.25, -0.2) is 8.42 Å². The molecule has 1 aliphatic rings. The van der Waals surface area contributed by atoms with Gasteiger partial charge in [0.05, 0.1) is 17.1 Å². The Morgan fingerprint density at radius 1 is 1.10 bits per heavy atom. The summed E-state index contributed by atoms with van der Waals surface area (Å²) in [5.74, 6) is -0.0603. The molecular weight excluding hydrogens is 396 g/mol. The molecule has 0 spiro atoms. The number of carbonyl (C=O) groups excluding carboxylic acids is 1. The van der Waals surface area contributed by atoms with Gasteiger partial charge >= 0.3 is 6.01 Å². The molecule has 1 N–H and O–H groups in total. The van der Waals surface area contributed by atoms with E-state index in [1.165, 1.54) is 28.6 Å². The molecule has 2 heterocycles. The number of aromatic nitrogens is 2. The number of nitrogens with one attached hydrogen (secondary N) is 1. The summed E-state index contributed by atoms with van der Waals surface area (Å²) in [4.78, 5) is 12.5. The molecule has 0 saturated carbocycles. The smallest absolute Gasteiger partial charge is 0.322 e. The van der Waals surface area contributed by atoms with Crippen LogP contribution in [0, 0.1) is 0 Å². The summed E-state index contributed by atoms with van der Waals surface area (Å²) in [5, 5.41) is 10.3. The minimum atomic E-state index is -3.66. The molecular formula is C19H26N4O5S. The molecule has 1 amide bonds. The van der Waals surface area contributed by atoms with E-state index in [2.05, 4.69) is 15.5 Å². The number of anilines is 1. The fraction of sp³-hybridized carbons (Fsp3) is 0.526. The molecule has 0 unspecified atom stereocenters. The van der Waals surface area contributed by atoms with E-state index >= 15 is 0 Å². The van der Waals surface area contributed by atoms with Crippen molar-refractivity contribution in [3.05, 3.63) is 35.7 Å². The van der Waals surface area contributed by atoms with E-state index in [4.69, 9.17) is 9.15 Å². The first-order valence-electron chi connectivity index (χ1n) is 9.38. The predicted molar refractivity (Wildman–Crippen MR) is 106 cm³/mol. The third kappa shape index (κ3) is 4.82. The predicted octanol–water partition coefficient (Wildman–Crippen LogP) is 2.42. The molecule has 29 heavy (non-hydrogen) atoms. The van der Waals surface area contributed by atoms with E-state index in [1.54, 1.807) is 0 Å². The minimum Gasteiger partial charge on any atom is -0.407 e. The van der Waals surface area contributed by atoms with Gasteiger partial charge in [0.25, 0.3) is 5.91 Å². The summed E-state index contributed by atoms with van der Waals surface area (Å²) in [5.41, 5.74) is -0.0522. The molecule has 10 heteroatoms. The lowest BCUT2D eigenvalue weighted by molar-refractivity contribution is -0.0440. The van der Waals surface area contributed by atoms with Gasteiger partial charge in [-0.2, -0.15) is 4.31 Å². The van der Waals surface area contributed by atoms with Crippen LogP contribution in [0.25, 0.3) is 0 Å².